The van der Waals surface area contributed by atoms with E-state index in [4.69, 9.17) is 18.9 Å². The van der Waals surface area contributed by atoms with E-state index in [9.17, 15) is 9.59 Å². The Morgan fingerprint density at radius 1 is 1.19 bits per heavy atom. The van der Waals surface area contributed by atoms with E-state index in [2.05, 4.69) is 24.1 Å². The lowest BCUT2D eigenvalue weighted by molar-refractivity contribution is -0.171. The molecule has 0 spiro atoms. The summed E-state index contributed by atoms with van der Waals surface area (Å²) in [4.78, 5) is 31.0. The van der Waals surface area contributed by atoms with Crippen LogP contribution in [-0.2, 0) is 25.4 Å². The molecule has 3 aliphatic rings. The highest BCUT2D eigenvalue weighted by atomic mass is 16.8. The second-order valence-corrected chi connectivity index (χ2v) is 13.2. The highest BCUT2D eigenvalue weighted by Crippen LogP contribution is 2.51. The van der Waals surface area contributed by atoms with Crippen LogP contribution in [0.4, 0.5) is 4.79 Å². The molecule has 1 amide bonds. The van der Waals surface area contributed by atoms with Gasteiger partial charge in [0.05, 0.1) is 12.1 Å². The monoisotopic (exact) mass is 516 g/mol. The van der Waals surface area contributed by atoms with Crippen LogP contribution in [0.15, 0.2) is 18.3 Å². The Morgan fingerprint density at radius 3 is 2.43 bits per heavy atom. The van der Waals surface area contributed by atoms with Gasteiger partial charge in [0, 0.05) is 38.2 Å². The van der Waals surface area contributed by atoms with Crippen LogP contribution in [0.2, 0.25) is 0 Å². The fourth-order valence-corrected chi connectivity index (χ4v) is 5.38. The number of esters is 1. The Bertz CT molecular complexity index is 990. The van der Waals surface area contributed by atoms with Crippen LogP contribution in [0.1, 0.15) is 99.1 Å². The molecule has 37 heavy (non-hydrogen) atoms. The summed E-state index contributed by atoms with van der Waals surface area (Å²) in [5.41, 5.74) is -1.46. The normalized spacial score (nSPS) is 29.2. The molecule has 8 heteroatoms. The summed E-state index contributed by atoms with van der Waals surface area (Å²) in [6, 6.07) is 3.08. The molecule has 0 aromatic carbocycles. The van der Waals surface area contributed by atoms with E-state index >= 15 is 0 Å². The summed E-state index contributed by atoms with van der Waals surface area (Å²) in [6.07, 6.45) is 8.45. The van der Waals surface area contributed by atoms with E-state index in [0.717, 1.165) is 50.2 Å². The van der Waals surface area contributed by atoms with E-state index in [1.54, 1.807) is 20.0 Å². The number of ether oxygens (including phenoxy) is 4. The highest BCUT2D eigenvalue weighted by molar-refractivity contribution is 5.84. The van der Waals surface area contributed by atoms with Gasteiger partial charge in [0.2, 0.25) is 5.79 Å². The van der Waals surface area contributed by atoms with Gasteiger partial charge < -0.3 is 24.3 Å². The fourth-order valence-electron chi connectivity index (χ4n) is 5.38. The second kappa shape index (κ2) is 10.1. The molecule has 0 radical (unpaired) electrons. The first-order valence-electron chi connectivity index (χ1n) is 13.7. The van der Waals surface area contributed by atoms with Crippen LogP contribution in [0.25, 0.3) is 0 Å². The number of carbonyl (C=O) groups excluding carboxylic acids is 2. The first kappa shape index (κ1) is 27.7. The largest absolute Gasteiger partial charge is 0.490 e. The molecule has 3 fully saturated rings. The van der Waals surface area contributed by atoms with E-state index < -0.39 is 35.1 Å². The summed E-state index contributed by atoms with van der Waals surface area (Å²) < 4.78 is 23.9. The zero-order chi connectivity index (χ0) is 27.1. The Hall–Kier alpha value is -2.35. The van der Waals surface area contributed by atoms with Crippen molar-refractivity contribution in [3.63, 3.8) is 0 Å². The van der Waals surface area contributed by atoms with Gasteiger partial charge in [-0.1, -0.05) is 13.8 Å². The average Bonchev–Trinajstić information content (AvgIpc) is 3.43. The summed E-state index contributed by atoms with van der Waals surface area (Å²) >= 11 is 0. The minimum atomic E-state index is -1.45. The first-order valence-corrected chi connectivity index (χ1v) is 13.7. The van der Waals surface area contributed by atoms with Gasteiger partial charge in [0.25, 0.3) is 0 Å². The maximum atomic E-state index is 13.6. The maximum absolute atomic E-state index is 13.6. The molecule has 1 aromatic heterocycles. The number of amides is 1. The third-order valence-corrected chi connectivity index (χ3v) is 7.66. The van der Waals surface area contributed by atoms with Crippen molar-refractivity contribution in [3.8, 4) is 5.75 Å². The topological polar surface area (TPSA) is 96.0 Å². The number of cyclic esters (lactones) is 1. The van der Waals surface area contributed by atoms with Crippen LogP contribution < -0.4 is 10.1 Å². The van der Waals surface area contributed by atoms with Crippen molar-refractivity contribution >= 4 is 12.1 Å². The standard InChI is InChI=1S/C29H44N2O6/c1-19-8-10-21(11-9-19)34-22-12-15-30-20(16-22)17-29(24(32)35-27(5,6)37-29)23(18-28(7)13-14-28)31-25(33)36-26(2,3)4/h12,15-16,19,21,23H,8-11,13-14,17-18H2,1-7H3,(H,31,33)/t19?,21?,23-,29+/m0/s1. The summed E-state index contributed by atoms with van der Waals surface area (Å²) in [5.74, 6) is -0.167. The lowest BCUT2D eigenvalue weighted by Gasteiger charge is -2.36. The van der Waals surface area contributed by atoms with Crippen molar-refractivity contribution in [1.82, 2.24) is 10.3 Å². The highest BCUT2D eigenvalue weighted by Gasteiger charge is 2.61. The number of nitrogens with zero attached hydrogens (tertiary/aromatic N) is 1. The first-order chi connectivity index (χ1) is 17.2. The molecule has 0 unspecified atom stereocenters. The van der Waals surface area contributed by atoms with Crippen molar-refractivity contribution < 1.29 is 28.5 Å². The maximum Gasteiger partial charge on any atom is 0.407 e. The van der Waals surface area contributed by atoms with Gasteiger partial charge in [0.1, 0.15) is 11.4 Å². The van der Waals surface area contributed by atoms with Crippen molar-refractivity contribution in [3.05, 3.63) is 24.0 Å². The van der Waals surface area contributed by atoms with Crippen LogP contribution >= 0.6 is 0 Å². The summed E-state index contributed by atoms with van der Waals surface area (Å²) in [6.45, 7) is 13.3. The molecular formula is C29H44N2O6. The SMILES string of the molecule is CC1CCC(Oc2ccnc(C[C@]3([C@H](CC4(C)CC4)NC(=O)OC(C)(C)C)OC(C)(C)OC3=O)c2)CC1. The Labute approximate surface area is 221 Å². The molecular weight excluding hydrogens is 472 g/mol. The van der Waals surface area contributed by atoms with Gasteiger partial charge >= 0.3 is 12.1 Å². The van der Waals surface area contributed by atoms with E-state index in [1.165, 1.54) is 0 Å². The van der Waals surface area contributed by atoms with Crippen LogP contribution in [0, 0.1) is 11.3 Å². The molecule has 2 aliphatic carbocycles. The molecule has 2 atom stereocenters. The van der Waals surface area contributed by atoms with E-state index in [0.29, 0.717) is 12.1 Å². The minimum absolute atomic E-state index is 0.0135. The second-order valence-electron chi connectivity index (χ2n) is 13.2. The number of hydrogen-bond acceptors (Lipinski definition) is 7. The molecule has 0 bridgehead atoms. The van der Waals surface area contributed by atoms with Crippen LogP contribution in [0.5, 0.6) is 5.75 Å². The Balaban J connectivity index is 1.61. The third kappa shape index (κ3) is 7.15. The predicted molar refractivity (Wildman–Crippen MR) is 139 cm³/mol. The van der Waals surface area contributed by atoms with E-state index in [-0.39, 0.29) is 17.9 Å². The number of carbonyl (C=O) groups is 2. The van der Waals surface area contributed by atoms with Gasteiger partial charge in [-0.15, -0.1) is 0 Å². The zero-order valence-electron chi connectivity index (χ0n) is 23.5. The van der Waals surface area contributed by atoms with Gasteiger partial charge in [-0.3, -0.25) is 4.98 Å². The number of alkyl carbamates (subject to hydrolysis) is 1. The van der Waals surface area contributed by atoms with E-state index in [1.807, 2.05) is 32.9 Å². The molecule has 1 aromatic rings. The Morgan fingerprint density at radius 2 is 1.86 bits per heavy atom. The average molecular weight is 517 g/mol. The van der Waals surface area contributed by atoms with Crippen molar-refractivity contribution in [2.75, 3.05) is 0 Å². The van der Waals surface area contributed by atoms with Gasteiger partial charge in [-0.05, 0) is 83.1 Å². The molecule has 1 saturated heterocycles. The summed E-state index contributed by atoms with van der Waals surface area (Å²) in [7, 11) is 0. The van der Waals surface area contributed by atoms with Gasteiger partial charge in [0.15, 0.2) is 5.60 Å². The Kier molecular flexibility index (Phi) is 7.54. The molecule has 206 valence electrons. The van der Waals surface area contributed by atoms with Crippen molar-refractivity contribution in [2.24, 2.45) is 11.3 Å². The number of hydrogen-bond donors (Lipinski definition) is 1. The quantitative estimate of drug-likeness (QED) is 0.442. The molecule has 8 nitrogen and oxygen atoms in total. The number of rotatable bonds is 8. The third-order valence-electron chi connectivity index (χ3n) is 7.66. The minimum Gasteiger partial charge on any atom is -0.490 e. The fraction of sp³-hybridized carbons (Fsp3) is 0.759. The predicted octanol–water partition coefficient (Wildman–Crippen LogP) is 5.71. The zero-order valence-corrected chi connectivity index (χ0v) is 23.5. The molecule has 1 N–H and O–H groups in total. The molecule has 4 rings (SSSR count). The number of aromatic nitrogens is 1. The molecule has 2 heterocycles. The molecule has 2 saturated carbocycles. The summed E-state index contributed by atoms with van der Waals surface area (Å²) in [5, 5.41) is 2.98. The lowest BCUT2D eigenvalue weighted by Crippen LogP contribution is -2.59. The van der Waals surface area contributed by atoms with Crippen LogP contribution in [0.3, 0.4) is 0 Å². The number of nitrogens with one attached hydrogen (secondary N) is 1. The van der Waals surface area contributed by atoms with Gasteiger partial charge in [-0.2, -0.15) is 0 Å². The smallest absolute Gasteiger partial charge is 0.407 e. The van der Waals surface area contributed by atoms with Crippen LogP contribution in [-0.4, -0.2) is 46.2 Å². The number of pyridine rings is 1. The van der Waals surface area contributed by atoms with Crippen molar-refractivity contribution in [1.29, 1.82) is 0 Å². The van der Waals surface area contributed by atoms with Gasteiger partial charge in [-0.25, -0.2) is 9.59 Å². The molecule has 1 aliphatic heterocycles. The lowest BCUT2D eigenvalue weighted by atomic mass is 9.82. The van der Waals surface area contributed by atoms with Crippen molar-refractivity contribution in [2.45, 2.75) is 129 Å².